The van der Waals surface area contributed by atoms with Gasteiger partial charge in [-0.3, -0.25) is 4.79 Å². The first-order valence-corrected chi connectivity index (χ1v) is 6.38. The first-order valence-electron chi connectivity index (χ1n) is 6.38. The van der Waals surface area contributed by atoms with Gasteiger partial charge in [0.2, 0.25) is 5.91 Å². The highest BCUT2D eigenvalue weighted by Crippen LogP contribution is 2.19. The Balaban J connectivity index is 0.00000180. The molecule has 1 heterocycles. The summed E-state index contributed by atoms with van der Waals surface area (Å²) in [6, 6.07) is 6.45. The minimum atomic E-state index is -0.250. The third kappa shape index (κ3) is 4.80. The van der Waals surface area contributed by atoms with Gasteiger partial charge in [-0.2, -0.15) is 0 Å². The Kier molecular flexibility index (Phi) is 6.25. The van der Waals surface area contributed by atoms with Crippen LogP contribution in [0, 0.1) is 11.7 Å². The molecule has 1 saturated heterocycles. The van der Waals surface area contributed by atoms with Crippen molar-refractivity contribution in [2.24, 2.45) is 5.92 Å². The summed E-state index contributed by atoms with van der Waals surface area (Å²) in [6.07, 6.45) is 0.406. The van der Waals surface area contributed by atoms with Crippen molar-refractivity contribution in [3.05, 3.63) is 35.6 Å². The highest BCUT2D eigenvalue weighted by molar-refractivity contribution is 5.85. The molecule has 2 rings (SSSR count). The monoisotopic (exact) mass is 286 g/mol. The molecule has 0 bridgehead atoms. The quantitative estimate of drug-likeness (QED) is 0.870. The average Bonchev–Trinajstić information content (AvgIpc) is 2.26. The Morgan fingerprint density at radius 1 is 1.53 bits per heavy atom. The lowest BCUT2D eigenvalue weighted by molar-refractivity contribution is -0.121. The van der Waals surface area contributed by atoms with Gasteiger partial charge in [0.15, 0.2) is 0 Å². The van der Waals surface area contributed by atoms with Crippen LogP contribution in [-0.2, 0) is 4.79 Å². The number of benzene rings is 1. The minimum absolute atomic E-state index is 0. The molecule has 0 spiro atoms. The summed E-state index contributed by atoms with van der Waals surface area (Å²) in [5.41, 5.74) is 0.871. The molecular weight excluding hydrogens is 267 g/mol. The maximum Gasteiger partial charge on any atom is 0.220 e. The Hall–Kier alpha value is -1.13. The maximum absolute atomic E-state index is 13.1. The molecule has 1 aromatic carbocycles. The van der Waals surface area contributed by atoms with Crippen LogP contribution in [0.25, 0.3) is 0 Å². The van der Waals surface area contributed by atoms with E-state index in [1.54, 1.807) is 6.07 Å². The molecule has 0 aromatic heterocycles. The van der Waals surface area contributed by atoms with Crippen LogP contribution in [0.2, 0.25) is 0 Å². The third-order valence-corrected chi connectivity index (χ3v) is 3.36. The molecule has 1 aliphatic heterocycles. The zero-order chi connectivity index (χ0) is 13.0. The minimum Gasteiger partial charge on any atom is -0.356 e. The topological polar surface area (TPSA) is 41.1 Å². The van der Waals surface area contributed by atoms with Gasteiger partial charge in [0, 0.05) is 32.0 Å². The van der Waals surface area contributed by atoms with Crippen molar-refractivity contribution in [2.75, 3.05) is 19.6 Å². The van der Waals surface area contributed by atoms with Crippen LogP contribution >= 0.6 is 12.4 Å². The molecule has 5 heteroatoms. The summed E-state index contributed by atoms with van der Waals surface area (Å²) < 4.78 is 13.1. The fraction of sp³-hybridized carbons (Fsp3) is 0.500. The lowest BCUT2D eigenvalue weighted by Crippen LogP contribution is -2.48. The van der Waals surface area contributed by atoms with Gasteiger partial charge in [0.25, 0.3) is 0 Å². The number of carbonyl (C=O) groups excluding carboxylic acids is 1. The van der Waals surface area contributed by atoms with E-state index in [1.807, 2.05) is 13.0 Å². The summed E-state index contributed by atoms with van der Waals surface area (Å²) in [5, 5.41) is 6.09. The molecule has 1 atom stereocenters. The molecule has 1 fully saturated rings. The molecule has 1 aliphatic rings. The SMILES string of the molecule is CC(CC(=O)NCC1CNC1)c1cccc(F)c1.Cl. The van der Waals surface area contributed by atoms with Crippen LogP contribution in [0.1, 0.15) is 24.8 Å². The van der Waals surface area contributed by atoms with Crippen LogP contribution < -0.4 is 10.6 Å². The fourth-order valence-electron chi connectivity index (χ4n) is 2.03. The highest BCUT2D eigenvalue weighted by Gasteiger charge is 2.18. The van der Waals surface area contributed by atoms with Gasteiger partial charge in [0.1, 0.15) is 5.82 Å². The summed E-state index contributed by atoms with van der Waals surface area (Å²) in [6.45, 7) is 4.65. The van der Waals surface area contributed by atoms with Crippen molar-refractivity contribution in [1.82, 2.24) is 10.6 Å². The lowest BCUT2D eigenvalue weighted by Gasteiger charge is -2.27. The first-order chi connectivity index (χ1) is 8.65. The van der Waals surface area contributed by atoms with E-state index in [0.29, 0.717) is 12.3 Å². The Bertz CT molecular complexity index is 424. The number of hydrogen-bond donors (Lipinski definition) is 2. The van der Waals surface area contributed by atoms with Crippen molar-refractivity contribution in [3.8, 4) is 0 Å². The van der Waals surface area contributed by atoms with Crippen molar-refractivity contribution in [1.29, 1.82) is 0 Å². The van der Waals surface area contributed by atoms with Crippen molar-refractivity contribution >= 4 is 18.3 Å². The zero-order valence-corrected chi connectivity index (χ0v) is 11.8. The second-order valence-corrected chi connectivity index (χ2v) is 4.99. The third-order valence-electron chi connectivity index (χ3n) is 3.36. The van der Waals surface area contributed by atoms with Crippen LogP contribution in [0.4, 0.5) is 4.39 Å². The zero-order valence-electron chi connectivity index (χ0n) is 11.0. The molecule has 2 N–H and O–H groups in total. The first kappa shape index (κ1) is 15.9. The molecule has 3 nitrogen and oxygen atoms in total. The number of halogens is 2. The molecule has 0 saturated carbocycles. The van der Waals surface area contributed by atoms with Gasteiger partial charge in [-0.05, 0) is 23.6 Å². The number of carbonyl (C=O) groups is 1. The second-order valence-electron chi connectivity index (χ2n) is 4.99. The number of amides is 1. The molecule has 0 radical (unpaired) electrons. The van der Waals surface area contributed by atoms with Gasteiger partial charge < -0.3 is 10.6 Å². The summed E-state index contributed by atoms with van der Waals surface area (Å²) in [7, 11) is 0. The normalized spacial score (nSPS) is 16.1. The van der Waals surface area contributed by atoms with E-state index in [4.69, 9.17) is 0 Å². The van der Waals surface area contributed by atoms with E-state index < -0.39 is 0 Å². The smallest absolute Gasteiger partial charge is 0.220 e. The summed E-state index contributed by atoms with van der Waals surface area (Å²) in [4.78, 5) is 11.7. The lowest BCUT2D eigenvalue weighted by atomic mass is 9.97. The van der Waals surface area contributed by atoms with E-state index in [2.05, 4.69) is 10.6 Å². The van der Waals surface area contributed by atoms with Gasteiger partial charge in [0.05, 0.1) is 0 Å². The van der Waals surface area contributed by atoms with E-state index in [9.17, 15) is 9.18 Å². The molecule has 106 valence electrons. The van der Waals surface area contributed by atoms with Crippen molar-refractivity contribution in [3.63, 3.8) is 0 Å². The van der Waals surface area contributed by atoms with E-state index in [-0.39, 0.29) is 30.0 Å². The maximum atomic E-state index is 13.1. The molecule has 0 aliphatic carbocycles. The summed E-state index contributed by atoms with van der Waals surface area (Å²) >= 11 is 0. The Morgan fingerprint density at radius 3 is 2.84 bits per heavy atom. The Labute approximate surface area is 119 Å². The van der Waals surface area contributed by atoms with Gasteiger partial charge in [-0.25, -0.2) is 4.39 Å². The van der Waals surface area contributed by atoms with Gasteiger partial charge in [-0.15, -0.1) is 12.4 Å². The second kappa shape index (κ2) is 7.46. The van der Waals surface area contributed by atoms with Gasteiger partial charge in [-0.1, -0.05) is 19.1 Å². The number of nitrogens with one attached hydrogen (secondary N) is 2. The van der Waals surface area contributed by atoms with Crippen LogP contribution in [-0.4, -0.2) is 25.5 Å². The van der Waals surface area contributed by atoms with E-state index >= 15 is 0 Å². The Morgan fingerprint density at radius 2 is 2.26 bits per heavy atom. The van der Waals surface area contributed by atoms with Gasteiger partial charge >= 0.3 is 0 Å². The number of rotatable bonds is 5. The molecule has 19 heavy (non-hydrogen) atoms. The largest absolute Gasteiger partial charge is 0.356 e. The van der Waals surface area contributed by atoms with E-state index in [1.165, 1.54) is 12.1 Å². The average molecular weight is 287 g/mol. The highest BCUT2D eigenvalue weighted by atomic mass is 35.5. The van der Waals surface area contributed by atoms with Crippen molar-refractivity contribution < 1.29 is 9.18 Å². The van der Waals surface area contributed by atoms with E-state index in [0.717, 1.165) is 25.2 Å². The molecular formula is C14H20ClFN2O. The van der Waals surface area contributed by atoms with Crippen molar-refractivity contribution in [2.45, 2.75) is 19.3 Å². The fourth-order valence-corrected chi connectivity index (χ4v) is 2.03. The van der Waals surface area contributed by atoms with Crippen LogP contribution in [0.15, 0.2) is 24.3 Å². The summed E-state index contributed by atoms with van der Waals surface area (Å²) in [5.74, 6) is 0.401. The predicted molar refractivity (Wildman–Crippen MR) is 76.0 cm³/mol. The van der Waals surface area contributed by atoms with Crippen LogP contribution in [0.3, 0.4) is 0 Å². The predicted octanol–water partition coefficient (Wildman–Crippen LogP) is 2.08. The van der Waals surface area contributed by atoms with Crippen LogP contribution in [0.5, 0.6) is 0 Å². The standard InChI is InChI=1S/C14H19FN2O.ClH/c1-10(12-3-2-4-13(15)6-12)5-14(18)17-9-11-7-16-8-11;/h2-4,6,10-11,16H,5,7-9H2,1H3,(H,17,18);1H. The molecule has 1 amide bonds. The molecule has 1 aromatic rings. The molecule has 1 unspecified atom stereocenters. The number of hydrogen-bond acceptors (Lipinski definition) is 2.